The number of carbonyl (C=O) groups is 2. The summed E-state index contributed by atoms with van der Waals surface area (Å²) < 4.78 is 44.8. The van der Waals surface area contributed by atoms with Gasteiger partial charge in [0.2, 0.25) is 10.0 Å². The smallest absolute Gasteiger partial charge is 0.310 e. The van der Waals surface area contributed by atoms with E-state index in [1.807, 2.05) is 0 Å². The minimum absolute atomic E-state index is 0.0955. The number of ether oxygens (including phenoxy) is 1. The highest BCUT2D eigenvalue weighted by Crippen LogP contribution is 2.28. The van der Waals surface area contributed by atoms with E-state index in [9.17, 15) is 32.5 Å². The highest BCUT2D eigenvalue weighted by Gasteiger charge is 2.34. The largest absolute Gasteiger partial charge is 0.455 e. The summed E-state index contributed by atoms with van der Waals surface area (Å²) in [4.78, 5) is 34.8. The number of amides is 1. The van der Waals surface area contributed by atoms with E-state index in [0.717, 1.165) is 34.6 Å². The number of hydrogen-bond acceptors (Lipinski definition) is 7. The fourth-order valence-corrected chi connectivity index (χ4v) is 5.00. The molecule has 176 valence electrons. The molecule has 2 aromatic carbocycles. The predicted molar refractivity (Wildman–Crippen MR) is 116 cm³/mol. The van der Waals surface area contributed by atoms with Crippen LogP contribution < -0.4 is 5.32 Å². The van der Waals surface area contributed by atoms with Crippen LogP contribution in [0.5, 0.6) is 0 Å². The van der Waals surface area contributed by atoms with Crippen molar-refractivity contribution in [1.29, 1.82) is 0 Å². The first-order valence-electron chi connectivity index (χ1n) is 9.74. The van der Waals surface area contributed by atoms with Crippen LogP contribution in [-0.4, -0.2) is 49.2 Å². The quantitative estimate of drug-likeness (QED) is 0.351. The molecule has 1 unspecified atom stereocenters. The third kappa shape index (κ3) is 6.03. The second kappa shape index (κ2) is 10.2. The molecule has 1 aliphatic rings. The number of sulfonamides is 1. The van der Waals surface area contributed by atoms with E-state index in [1.54, 1.807) is 0 Å². The molecule has 3 rings (SSSR count). The van der Waals surface area contributed by atoms with Gasteiger partial charge in [-0.1, -0.05) is 11.6 Å². The number of nitrogens with one attached hydrogen (secondary N) is 1. The average molecular weight is 500 g/mol. The van der Waals surface area contributed by atoms with Gasteiger partial charge in [-0.25, -0.2) is 12.8 Å². The Bertz CT molecular complexity index is 1170. The summed E-state index contributed by atoms with van der Waals surface area (Å²) >= 11 is 5.73. The molecule has 10 nitrogen and oxygen atoms in total. The predicted octanol–water partition coefficient (Wildman–Crippen LogP) is 2.97. The molecule has 33 heavy (non-hydrogen) atoms. The first-order chi connectivity index (χ1) is 15.6. The topological polar surface area (TPSA) is 136 Å². The molecule has 0 aromatic heterocycles. The zero-order valence-corrected chi connectivity index (χ0v) is 18.6. The molecule has 1 heterocycles. The summed E-state index contributed by atoms with van der Waals surface area (Å²) in [6.45, 7) is -0.674. The van der Waals surface area contributed by atoms with Crippen LogP contribution in [0.25, 0.3) is 0 Å². The van der Waals surface area contributed by atoms with Crippen molar-refractivity contribution >= 4 is 44.9 Å². The molecule has 1 fully saturated rings. The van der Waals surface area contributed by atoms with Gasteiger partial charge in [0.15, 0.2) is 6.61 Å². The maximum absolute atomic E-state index is 13.1. The first kappa shape index (κ1) is 24.6. The lowest BCUT2D eigenvalue weighted by Gasteiger charge is -2.30. The zero-order valence-electron chi connectivity index (χ0n) is 17.1. The monoisotopic (exact) mass is 499 g/mol. The molecule has 0 aliphatic carbocycles. The molecule has 1 saturated heterocycles. The normalized spacial score (nSPS) is 16.7. The number of halogens is 2. The van der Waals surface area contributed by atoms with E-state index in [2.05, 4.69) is 5.32 Å². The summed E-state index contributed by atoms with van der Waals surface area (Å²) in [5, 5.41) is 13.5. The lowest BCUT2D eigenvalue weighted by Crippen LogP contribution is -2.43. The van der Waals surface area contributed by atoms with Crippen molar-refractivity contribution in [3.63, 3.8) is 0 Å². The van der Waals surface area contributed by atoms with Crippen molar-refractivity contribution in [3.8, 4) is 0 Å². The van der Waals surface area contributed by atoms with E-state index in [-0.39, 0.29) is 28.7 Å². The first-order valence-corrected chi connectivity index (χ1v) is 11.6. The second-order valence-electron chi connectivity index (χ2n) is 7.23. The maximum Gasteiger partial charge on any atom is 0.310 e. The van der Waals surface area contributed by atoms with Crippen LogP contribution in [0.15, 0.2) is 47.4 Å². The summed E-state index contributed by atoms with van der Waals surface area (Å²) in [7, 11) is -3.93. The molecule has 1 atom stereocenters. The van der Waals surface area contributed by atoms with Gasteiger partial charge < -0.3 is 10.1 Å². The molecule has 1 amide bonds. The van der Waals surface area contributed by atoms with Crippen LogP contribution in [0.4, 0.5) is 15.8 Å². The minimum Gasteiger partial charge on any atom is -0.455 e. The SMILES string of the molecule is O=C(COC(=O)C1CCCN(S(=O)(=O)c2ccc(F)cc2)C1)Nc1ccc(Cl)cc1[N+](=O)[O-]. The van der Waals surface area contributed by atoms with E-state index < -0.39 is 50.9 Å². The summed E-state index contributed by atoms with van der Waals surface area (Å²) in [5.41, 5.74) is -0.532. The Kier molecular flexibility index (Phi) is 7.61. The van der Waals surface area contributed by atoms with Crippen LogP contribution in [0.3, 0.4) is 0 Å². The molecule has 1 aliphatic heterocycles. The van der Waals surface area contributed by atoms with Crippen LogP contribution >= 0.6 is 11.6 Å². The van der Waals surface area contributed by atoms with Crippen molar-refractivity contribution in [3.05, 3.63) is 63.4 Å². The zero-order chi connectivity index (χ0) is 24.2. The molecule has 2 aromatic rings. The van der Waals surface area contributed by atoms with Gasteiger partial charge in [-0.05, 0) is 49.2 Å². The third-order valence-electron chi connectivity index (χ3n) is 4.94. The van der Waals surface area contributed by atoms with Gasteiger partial charge in [0.05, 0.1) is 15.7 Å². The van der Waals surface area contributed by atoms with Crippen molar-refractivity contribution in [2.24, 2.45) is 5.92 Å². The number of anilines is 1. The van der Waals surface area contributed by atoms with E-state index in [4.69, 9.17) is 16.3 Å². The number of rotatable bonds is 7. The molecule has 0 radical (unpaired) electrons. The number of esters is 1. The fraction of sp³-hybridized carbons (Fsp3) is 0.300. The third-order valence-corrected chi connectivity index (χ3v) is 7.06. The van der Waals surface area contributed by atoms with Crippen molar-refractivity contribution < 1.29 is 32.1 Å². The van der Waals surface area contributed by atoms with Gasteiger partial charge in [-0.3, -0.25) is 19.7 Å². The fourth-order valence-electron chi connectivity index (χ4n) is 3.31. The second-order valence-corrected chi connectivity index (χ2v) is 9.60. The van der Waals surface area contributed by atoms with Gasteiger partial charge in [0, 0.05) is 24.2 Å². The van der Waals surface area contributed by atoms with E-state index >= 15 is 0 Å². The minimum atomic E-state index is -3.93. The van der Waals surface area contributed by atoms with Gasteiger partial charge >= 0.3 is 5.97 Å². The Morgan fingerprint density at radius 1 is 1.24 bits per heavy atom. The molecule has 0 bridgehead atoms. The van der Waals surface area contributed by atoms with Gasteiger partial charge in [0.1, 0.15) is 11.5 Å². The molecule has 0 spiro atoms. The summed E-state index contributed by atoms with van der Waals surface area (Å²) in [6.07, 6.45) is 0.752. The van der Waals surface area contributed by atoms with Gasteiger partial charge in [0.25, 0.3) is 11.6 Å². The Hall–Kier alpha value is -3.09. The highest BCUT2D eigenvalue weighted by molar-refractivity contribution is 7.89. The Morgan fingerprint density at radius 3 is 2.61 bits per heavy atom. The number of nitro benzene ring substituents is 1. The lowest BCUT2D eigenvalue weighted by atomic mass is 10.00. The van der Waals surface area contributed by atoms with Crippen LogP contribution in [-0.2, 0) is 24.3 Å². The van der Waals surface area contributed by atoms with Gasteiger partial charge in [-0.2, -0.15) is 4.31 Å². The average Bonchev–Trinajstić information content (AvgIpc) is 2.79. The van der Waals surface area contributed by atoms with Gasteiger partial charge in [-0.15, -0.1) is 0 Å². The number of piperidine rings is 1. The summed E-state index contributed by atoms with van der Waals surface area (Å²) in [5.74, 6) is -2.95. The number of benzene rings is 2. The molecular weight excluding hydrogens is 481 g/mol. The van der Waals surface area contributed by atoms with Crippen molar-refractivity contribution in [2.75, 3.05) is 25.0 Å². The highest BCUT2D eigenvalue weighted by atomic mass is 35.5. The molecule has 1 N–H and O–H groups in total. The standard InChI is InChI=1S/C20H19ClFN3O7S/c21-14-3-8-17(18(10-14)25(28)29)23-19(26)12-32-20(27)13-2-1-9-24(11-13)33(30,31)16-6-4-15(22)5-7-16/h3-8,10,13H,1-2,9,11-12H2,(H,23,26). The number of nitrogens with zero attached hydrogens (tertiary/aromatic N) is 2. The maximum atomic E-state index is 13.1. The Balaban J connectivity index is 1.59. The summed E-state index contributed by atoms with van der Waals surface area (Å²) in [6, 6.07) is 8.04. The molecule has 13 heteroatoms. The van der Waals surface area contributed by atoms with E-state index in [1.165, 1.54) is 12.1 Å². The van der Waals surface area contributed by atoms with Crippen LogP contribution in [0.2, 0.25) is 5.02 Å². The Morgan fingerprint density at radius 2 is 1.94 bits per heavy atom. The lowest BCUT2D eigenvalue weighted by molar-refractivity contribution is -0.383. The molecular formula is C20H19ClFN3O7S. The molecule has 0 saturated carbocycles. The number of carbonyl (C=O) groups excluding carboxylic acids is 2. The van der Waals surface area contributed by atoms with E-state index in [0.29, 0.717) is 12.8 Å². The number of hydrogen-bond donors (Lipinski definition) is 1. The van der Waals surface area contributed by atoms with Crippen LogP contribution in [0.1, 0.15) is 12.8 Å². The number of nitro groups is 1. The Labute approximate surface area is 193 Å². The van der Waals surface area contributed by atoms with Crippen molar-refractivity contribution in [1.82, 2.24) is 4.31 Å². The van der Waals surface area contributed by atoms with Crippen molar-refractivity contribution in [2.45, 2.75) is 17.7 Å². The van der Waals surface area contributed by atoms with Crippen LogP contribution in [0, 0.1) is 21.8 Å².